The largest absolute Gasteiger partial charge is 0.393 e. The van der Waals surface area contributed by atoms with E-state index in [9.17, 15) is 5.11 Å². The number of hydrogen-bond acceptors (Lipinski definition) is 3. The summed E-state index contributed by atoms with van der Waals surface area (Å²) in [6, 6.07) is 0. The van der Waals surface area contributed by atoms with Crippen LogP contribution in [0.1, 0.15) is 37.9 Å². The summed E-state index contributed by atoms with van der Waals surface area (Å²) in [6.45, 7) is 0.897. The second kappa shape index (κ2) is 6.17. The Bertz CT molecular complexity index is 332. The Labute approximate surface area is 103 Å². The molecule has 1 fully saturated rings. The molecule has 1 saturated heterocycles. The molecule has 0 bridgehead atoms. The van der Waals surface area contributed by atoms with Crippen LogP contribution in [0.4, 0.5) is 0 Å². The predicted octanol–water partition coefficient (Wildman–Crippen LogP) is 1.67. The number of aliphatic hydroxyl groups excluding tert-OH is 1. The van der Waals surface area contributed by atoms with Gasteiger partial charge in [-0.25, -0.2) is 4.98 Å². The van der Waals surface area contributed by atoms with Crippen LogP contribution < -0.4 is 0 Å². The summed E-state index contributed by atoms with van der Waals surface area (Å²) < 4.78 is 7.55. The molecular formula is C13H22N2O2. The highest BCUT2D eigenvalue weighted by molar-refractivity contribution is 4.91. The summed E-state index contributed by atoms with van der Waals surface area (Å²) >= 11 is 0. The van der Waals surface area contributed by atoms with Crippen LogP contribution in [-0.2, 0) is 18.2 Å². The minimum Gasteiger partial charge on any atom is -0.393 e. The van der Waals surface area contributed by atoms with E-state index in [2.05, 4.69) is 4.98 Å². The van der Waals surface area contributed by atoms with Crippen molar-refractivity contribution < 1.29 is 9.84 Å². The maximum Gasteiger partial charge on any atom is 0.108 e. The van der Waals surface area contributed by atoms with Gasteiger partial charge in [-0.2, -0.15) is 0 Å². The molecule has 96 valence electrons. The minimum absolute atomic E-state index is 0.226. The Morgan fingerprint density at radius 1 is 1.59 bits per heavy atom. The first kappa shape index (κ1) is 12.6. The van der Waals surface area contributed by atoms with Crippen LogP contribution in [0.15, 0.2) is 12.4 Å². The summed E-state index contributed by atoms with van der Waals surface area (Å²) in [4.78, 5) is 4.25. The maximum atomic E-state index is 9.91. The summed E-state index contributed by atoms with van der Waals surface area (Å²) in [7, 11) is 1.99. The van der Waals surface area contributed by atoms with Crippen molar-refractivity contribution in [3.8, 4) is 0 Å². The fourth-order valence-electron chi connectivity index (χ4n) is 2.33. The van der Waals surface area contributed by atoms with Gasteiger partial charge in [-0.15, -0.1) is 0 Å². The molecule has 0 amide bonds. The molecule has 2 rings (SSSR count). The van der Waals surface area contributed by atoms with E-state index in [-0.39, 0.29) is 6.10 Å². The summed E-state index contributed by atoms with van der Waals surface area (Å²) in [5, 5.41) is 9.91. The number of aliphatic hydroxyl groups is 1. The third-order valence-electron chi connectivity index (χ3n) is 3.47. The van der Waals surface area contributed by atoms with E-state index in [4.69, 9.17) is 4.74 Å². The van der Waals surface area contributed by atoms with E-state index in [0.717, 1.165) is 44.5 Å². The summed E-state index contributed by atoms with van der Waals surface area (Å²) in [5.41, 5.74) is 0. The van der Waals surface area contributed by atoms with Crippen LogP contribution in [0.25, 0.3) is 0 Å². The van der Waals surface area contributed by atoms with Gasteiger partial charge in [0.1, 0.15) is 5.82 Å². The van der Waals surface area contributed by atoms with Crippen molar-refractivity contribution >= 4 is 0 Å². The van der Waals surface area contributed by atoms with Crippen molar-refractivity contribution in [2.75, 3.05) is 6.61 Å². The van der Waals surface area contributed by atoms with Crippen molar-refractivity contribution in [2.24, 2.45) is 7.05 Å². The predicted molar refractivity (Wildman–Crippen MR) is 65.7 cm³/mol. The Hall–Kier alpha value is -0.870. The van der Waals surface area contributed by atoms with Crippen molar-refractivity contribution in [2.45, 2.75) is 50.7 Å². The van der Waals surface area contributed by atoms with Gasteiger partial charge in [0.05, 0.1) is 12.2 Å². The number of ether oxygens (including phenoxy) is 1. The molecule has 0 aromatic carbocycles. The zero-order valence-corrected chi connectivity index (χ0v) is 10.5. The third-order valence-corrected chi connectivity index (χ3v) is 3.47. The van der Waals surface area contributed by atoms with Gasteiger partial charge in [0.25, 0.3) is 0 Å². The van der Waals surface area contributed by atoms with E-state index in [1.54, 1.807) is 6.20 Å². The average Bonchev–Trinajstić information content (AvgIpc) is 2.95. The lowest BCUT2D eigenvalue weighted by Gasteiger charge is -2.13. The zero-order chi connectivity index (χ0) is 12.1. The maximum absolute atomic E-state index is 9.91. The SMILES string of the molecule is Cn1ccnc1CCC(O)CCC1CCCO1. The van der Waals surface area contributed by atoms with Crippen molar-refractivity contribution in [3.05, 3.63) is 18.2 Å². The lowest BCUT2D eigenvalue weighted by atomic mass is 10.0. The highest BCUT2D eigenvalue weighted by atomic mass is 16.5. The van der Waals surface area contributed by atoms with E-state index >= 15 is 0 Å². The molecule has 0 aliphatic carbocycles. The normalized spacial score (nSPS) is 21.9. The Morgan fingerprint density at radius 3 is 3.12 bits per heavy atom. The van der Waals surface area contributed by atoms with Crippen molar-refractivity contribution in [1.82, 2.24) is 9.55 Å². The Kier molecular flexibility index (Phi) is 4.57. The number of aromatic nitrogens is 2. The first-order valence-electron chi connectivity index (χ1n) is 6.51. The molecule has 1 aromatic rings. The van der Waals surface area contributed by atoms with Crippen molar-refractivity contribution in [1.29, 1.82) is 0 Å². The van der Waals surface area contributed by atoms with Gasteiger partial charge in [0, 0.05) is 32.5 Å². The van der Waals surface area contributed by atoms with Gasteiger partial charge in [-0.05, 0) is 32.1 Å². The fourth-order valence-corrected chi connectivity index (χ4v) is 2.33. The number of imidazole rings is 1. The van der Waals surface area contributed by atoms with E-state index in [0.29, 0.717) is 6.10 Å². The van der Waals surface area contributed by atoms with E-state index in [1.807, 2.05) is 17.8 Å². The molecule has 17 heavy (non-hydrogen) atoms. The lowest BCUT2D eigenvalue weighted by molar-refractivity contribution is 0.0789. The fraction of sp³-hybridized carbons (Fsp3) is 0.769. The van der Waals surface area contributed by atoms with Crippen LogP contribution in [0.2, 0.25) is 0 Å². The first-order chi connectivity index (χ1) is 8.25. The highest BCUT2D eigenvalue weighted by Gasteiger charge is 2.17. The monoisotopic (exact) mass is 238 g/mol. The summed E-state index contributed by atoms with van der Waals surface area (Å²) in [6.07, 6.45) is 9.70. The molecule has 0 saturated carbocycles. The topological polar surface area (TPSA) is 47.3 Å². The number of hydrogen-bond donors (Lipinski definition) is 1. The average molecular weight is 238 g/mol. The van der Waals surface area contributed by atoms with Crippen LogP contribution >= 0.6 is 0 Å². The standard InChI is InChI=1S/C13H22N2O2/c1-15-9-8-14-13(15)7-5-11(16)4-6-12-3-2-10-17-12/h8-9,11-12,16H,2-7,10H2,1H3. The van der Waals surface area contributed by atoms with Crippen LogP contribution in [0.5, 0.6) is 0 Å². The number of nitrogens with zero attached hydrogens (tertiary/aromatic N) is 2. The smallest absolute Gasteiger partial charge is 0.108 e. The van der Waals surface area contributed by atoms with Gasteiger partial charge in [0.15, 0.2) is 0 Å². The highest BCUT2D eigenvalue weighted by Crippen LogP contribution is 2.18. The first-order valence-corrected chi connectivity index (χ1v) is 6.51. The van der Waals surface area contributed by atoms with Gasteiger partial charge < -0.3 is 14.4 Å². The summed E-state index contributed by atoms with van der Waals surface area (Å²) in [5.74, 6) is 1.04. The molecule has 4 heteroatoms. The molecule has 1 N–H and O–H groups in total. The van der Waals surface area contributed by atoms with E-state index in [1.165, 1.54) is 6.42 Å². The zero-order valence-electron chi connectivity index (χ0n) is 10.5. The molecular weight excluding hydrogens is 216 g/mol. The third kappa shape index (κ3) is 3.82. The number of rotatable bonds is 6. The second-order valence-corrected chi connectivity index (χ2v) is 4.86. The van der Waals surface area contributed by atoms with Gasteiger partial charge in [0.2, 0.25) is 0 Å². The van der Waals surface area contributed by atoms with Crippen LogP contribution in [0, 0.1) is 0 Å². The molecule has 2 unspecified atom stereocenters. The molecule has 0 radical (unpaired) electrons. The van der Waals surface area contributed by atoms with Crippen LogP contribution in [-0.4, -0.2) is 33.5 Å². The van der Waals surface area contributed by atoms with Crippen molar-refractivity contribution in [3.63, 3.8) is 0 Å². The minimum atomic E-state index is -0.226. The molecule has 1 aromatic heterocycles. The molecule has 2 atom stereocenters. The quantitative estimate of drug-likeness (QED) is 0.820. The molecule has 4 nitrogen and oxygen atoms in total. The lowest BCUT2D eigenvalue weighted by Crippen LogP contribution is -2.14. The molecule has 2 heterocycles. The second-order valence-electron chi connectivity index (χ2n) is 4.86. The van der Waals surface area contributed by atoms with Crippen LogP contribution in [0.3, 0.4) is 0 Å². The molecule has 0 spiro atoms. The van der Waals surface area contributed by atoms with E-state index < -0.39 is 0 Å². The Morgan fingerprint density at radius 2 is 2.47 bits per heavy atom. The number of aryl methyl sites for hydroxylation is 2. The van der Waals surface area contributed by atoms with Gasteiger partial charge in [-0.3, -0.25) is 0 Å². The Balaban J connectivity index is 1.63. The van der Waals surface area contributed by atoms with Gasteiger partial charge >= 0.3 is 0 Å². The molecule has 1 aliphatic heterocycles. The van der Waals surface area contributed by atoms with Gasteiger partial charge in [-0.1, -0.05) is 0 Å². The molecule has 1 aliphatic rings.